The van der Waals surface area contributed by atoms with Gasteiger partial charge in [0.15, 0.2) is 5.82 Å². The molecule has 0 spiro atoms. The predicted octanol–water partition coefficient (Wildman–Crippen LogP) is 5.35. The first-order chi connectivity index (χ1) is 20.2. The van der Waals surface area contributed by atoms with Gasteiger partial charge in [0.2, 0.25) is 5.95 Å². The zero-order chi connectivity index (χ0) is 29.4. The van der Waals surface area contributed by atoms with Crippen molar-refractivity contribution in [3.63, 3.8) is 0 Å². The van der Waals surface area contributed by atoms with Gasteiger partial charge in [-0.05, 0) is 50.1 Å². The number of piperazine rings is 1. The number of aromatic nitrogens is 6. The normalized spacial score (nSPS) is 13.6. The lowest BCUT2D eigenvalue weighted by molar-refractivity contribution is 0.588. The van der Waals surface area contributed by atoms with E-state index in [-0.39, 0.29) is 12.4 Å². The minimum Gasteiger partial charge on any atom is -0.368 e. The summed E-state index contributed by atoms with van der Waals surface area (Å²) in [6.45, 7) is 9.23. The van der Waals surface area contributed by atoms with Crippen LogP contribution in [0.15, 0.2) is 55.2 Å². The molecule has 11 nitrogen and oxygen atoms in total. The van der Waals surface area contributed by atoms with Crippen LogP contribution < -0.4 is 26.2 Å². The Balaban J connectivity index is 0.00000368. The van der Waals surface area contributed by atoms with Crippen LogP contribution in [-0.4, -0.2) is 69.2 Å². The van der Waals surface area contributed by atoms with Gasteiger partial charge < -0.3 is 25.4 Å². The monoisotopic (exact) mass is 638 g/mol. The third-order valence-corrected chi connectivity index (χ3v) is 9.02. The van der Waals surface area contributed by atoms with Crippen LogP contribution in [0.2, 0.25) is 5.02 Å². The Kier molecular flexibility index (Phi) is 8.89. The fraction of sp³-hybridized carbons (Fsp3) is 0.276. The van der Waals surface area contributed by atoms with E-state index in [1.54, 1.807) is 31.9 Å². The minimum atomic E-state index is -2.76. The molecule has 0 amide bonds. The van der Waals surface area contributed by atoms with Gasteiger partial charge in [0.1, 0.15) is 17.7 Å². The van der Waals surface area contributed by atoms with Crippen LogP contribution in [0, 0.1) is 6.92 Å². The van der Waals surface area contributed by atoms with Crippen molar-refractivity contribution in [2.45, 2.75) is 6.92 Å². The van der Waals surface area contributed by atoms with Gasteiger partial charge in [-0.2, -0.15) is 10.1 Å². The quantitative estimate of drug-likeness (QED) is 0.201. The summed E-state index contributed by atoms with van der Waals surface area (Å²) in [5, 5.41) is 15.4. The molecule has 0 saturated carbocycles. The highest BCUT2D eigenvalue weighted by molar-refractivity contribution is 7.71. The number of fused-ring (bicyclic) bond motifs is 1. The van der Waals surface area contributed by atoms with E-state index >= 15 is 0 Å². The van der Waals surface area contributed by atoms with Crippen molar-refractivity contribution < 1.29 is 4.57 Å². The number of nitrogens with zero attached hydrogens (tertiary/aromatic N) is 7. The summed E-state index contributed by atoms with van der Waals surface area (Å²) in [6.07, 6.45) is 8.66. The van der Waals surface area contributed by atoms with E-state index in [9.17, 15) is 4.57 Å². The molecule has 6 rings (SSSR count). The molecule has 1 fully saturated rings. The van der Waals surface area contributed by atoms with Gasteiger partial charge in [-0.3, -0.25) is 14.6 Å². The van der Waals surface area contributed by atoms with E-state index in [0.717, 1.165) is 48.6 Å². The standard InChI is InChI=1S/C29H32ClN10OP.ClH/c1-18-13-25(40-11-9-31-10-12-40)20(19-15-35-39(2)17-19)14-24(18)37-29-34-16-21(30)28(38-29)36-23-6-5-22-26(33-8-7-32-22)27(23)42(3,4)41;/h5-8,13-17,31H,9-12H2,1-4H3,(H2,34,36,37,38);1H. The summed E-state index contributed by atoms with van der Waals surface area (Å²) in [5.74, 6) is 0.755. The van der Waals surface area contributed by atoms with E-state index in [1.807, 2.05) is 36.3 Å². The molecule has 3 N–H and O–H groups in total. The van der Waals surface area contributed by atoms with Crippen molar-refractivity contribution in [3.8, 4) is 11.1 Å². The molecule has 0 atom stereocenters. The van der Waals surface area contributed by atoms with Crippen molar-refractivity contribution >= 4 is 76.3 Å². The number of halogens is 2. The van der Waals surface area contributed by atoms with Crippen LogP contribution in [0.1, 0.15) is 5.56 Å². The van der Waals surface area contributed by atoms with E-state index in [0.29, 0.717) is 38.8 Å². The predicted molar refractivity (Wildman–Crippen MR) is 178 cm³/mol. The Morgan fingerprint density at radius 3 is 2.49 bits per heavy atom. The number of hydrogen-bond donors (Lipinski definition) is 3. The molecular formula is C29H33Cl2N10OP. The average Bonchev–Trinajstić information content (AvgIpc) is 3.41. The Labute approximate surface area is 261 Å². The molecule has 5 aromatic rings. The smallest absolute Gasteiger partial charge is 0.229 e. The molecule has 2 aromatic carbocycles. The lowest BCUT2D eigenvalue weighted by atomic mass is 10.0. The van der Waals surface area contributed by atoms with Crippen LogP contribution in [-0.2, 0) is 11.6 Å². The van der Waals surface area contributed by atoms with Crippen LogP contribution in [0.3, 0.4) is 0 Å². The highest BCUT2D eigenvalue weighted by Gasteiger charge is 2.23. The van der Waals surface area contributed by atoms with E-state index < -0.39 is 7.14 Å². The number of nitrogens with one attached hydrogen (secondary N) is 3. The first-order valence-corrected chi connectivity index (χ1v) is 16.6. The molecule has 14 heteroatoms. The van der Waals surface area contributed by atoms with Gasteiger partial charge in [0.05, 0.1) is 28.9 Å². The Hall–Kier alpha value is -3.76. The van der Waals surface area contributed by atoms with Crippen LogP contribution in [0.5, 0.6) is 0 Å². The average molecular weight is 640 g/mol. The largest absolute Gasteiger partial charge is 0.368 e. The zero-order valence-corrected chi connectivity index (χ0v) is 26.8. The maximum Gasteiger partial charge on any atom is 0.229 e. The van der Waals surface area contributed by atoms with Crippen LogP contribution >= 0.6 is 31.1 Å². The topological polar surface area (TPSA) is 126 Å². The van der Waals surface area contributed by atoms with Gasteiger partial charge in [-0.25, -0.2) is 4.98 Å². The highest BCUT2D eigenvalue weighted by atomic mass is 35.5. The third-order valence-electron chi connectivity index (χ3n) is 7.21. The van der Waals surface area contributed by atoms with Crippen molar-refractivity contribution in [1.29, 1.82) is 0 Å². The Bertz CT molecular complexity index is 1830. The molecule has 0 aliphatic carbocycles. The molecule has 0 unspecified atom stereocenters. The maximum atomic E-state index is 13.4. The molecule has 1 saturated heterocycles. The maximum absolute atomic E-state index is 13.4. The van der Waals surface area contributed by atoms with Crippen LogP contribution in [0.4, 0.5) is 28.8 Å². The third kappa shape index (κ3) is 6.45. The fourth-order valence-corrected chi connectivity index (χ4v) is 6.75. The van der Waals surface area contributed by atoms with Crippen molar-refractivity contribution in [1.82, 2.24) is 35.0 Å². The Morgan fingerprint density at radius 2 is 1.77 bits per heavy atom. The van der Waals surface area contributed by atoms with Gasteiger partial charge in [-0.15, -0.1) is 12.4 Å². The first-order valence-electron chi connectivity index (χ1n) is 13.6. The molecule has 224 valence electrons. The number of hydrogen-bond acceptors (Lipinski definition) is 10. The van der Waals surface area contributed by atoms with Crippen molar-refractivity contribution in [3.05, 3.63) is 65.8 Å². The summed E-state index contributed by atoms with van der Waals surface area (Å²) in [5.41, 5.74) is 7.07. The number of aryl methyl sites for hydroxylation is 2. The molecule has 1 aliphatic heterocycles. The lowest BCUT2D eigenvalue weighted by Crippen LogP contribution is -2.43. The zero-order valence-electron chi connectivity index (χ0n) is 24.3. The second-order valence-corrected chi connectivity index (χ2v) is 14.3. The van der Waals surface area contributed by atoms with Gasteiger partial charge in [-0.1, -0.05) is 11.6 Å². The summed E-state index contributed by atoms with van der Waals surface area (Å²) in [4.78, 5) is 20.4. The van der Waals surface area contributed by atoms with Gasteiger partial charge >= 0.3 is 0 Å². The highest BCUT2D eigenvalue weighted by Crippen LogP contribution is 2.41. The summed E-state index contributed by atoms with van der Waals surface area (Å²) >= 11 is 6.55. The number of rotatable bonds is 7. The molecule has 3 aromatic heterocycles. The van der Waals surface area contributed by atoms with Crippen molar-refractivity contribution in [2.75, 3.05) is 55.0 Å². The molecule has 0 radical (unpaired) electrons. The number of anilines is 5. The molecule has 4 heterocycles. The van der Waals surface area contributed by atoms with E-state index in [4.69, 9.17) is 16.6 Å². The van der Waals surface area contributed by atoms with Crippen molar-refractivity contribution in [2.24, 2.45) is 7.05 Å². The van der Waals surface area contributed by atoms with Crippen LogP contribution in [0.25, 0.3) is 22.2 Å². The summed E-state index contributed by atoms with van der Waals surface area (Å²) in [6, 6.07) is 7.99. The molecule has 0 bridgehead atoms. The van der Waals surface area contributed by atoms with Gasteiger partial charge in [0.25, 0.3) is 0 Å². The van der Waals surface area contributed by atoms with E-state index in [1.165, 1.54) is 5.69 Å². The first kappa shape index (κ1) is 30.7. The Morgan fingerprint density at radius 1 is 1.00 bits per heavy atom. The fourth-order valence-electron chi connectivity index (χ4n) is 5.22. The minimum absolute atomic E-state index is 0. The molecule has 1 aliphatic rings. The SMILES string of the molecule is Cc1cc(N2CCNCC2)c(-c2cnn(C)c2)cc1Nc1ncc(Cl)c(Nc2ccc3nccnc3c2P(C)(C)=O)n1.Cl. The molecule has 43 heavy (non-hydrogen) atoms. The molecular weight excluding hydrogens is 606 g/mol. The van der Waals surface area contributed by atoms with E-state index in [2.05, 4.69) is 60.0 Å². The summed E-state index contributed by atoms with van der Waals surface area (Å²) < 4.78 is 15.2. The number of benzene rings is 2. The van der Waals surface area contributed by atoms with Gasteiger partial charge in [0, 0.05) is 74.3 Å². The summed E-state index contributed by atoms with van der Waals surface area (Å²) in [7, 11) is -0.841. The second-order valence-electron chi connectivity index (χ2n) is 10.7. The lowest BCUT2D eigenvalue weighted by Gasteiger charge is -2.32. The second kappa shape index (κ2) is 12.5.